The number of carbonyl (C=O) groups is 1. The lowest BCUT2D eigenvalue weighted by molar-refractivity contribution is 0.102. The van der Waals surface area contributed by atoms with Crippen molar-refractivity contribution in [2.75, 3.05) is 32.6 Å². The van der Waals surface area contributed by atoms with Gasteiger partial charge >= 0.3 is 0 Å². The van der Waals surface area contributed by atoms with Crippen molar-refractivity contribution in [1.29, 1.82) is 0 Å². The van der Waals surface area contributed by atoms with Crippen molar-refractivity contribution >= 4 is 42.6 Å². The highest BCUT2D eigenvalue weighted by Gasteiger charge is 2.28. The summed E-state index contributed by atoms with van der Waals surface area (Å²) in [6.07, 6.45) is 1.72. The van der Waals surface area contributed by atoms with E-state index in [2.05, 4.69) is 17.2 Å². The Bertz CT molecular complexity index is 1190. The molecule has 1 aromatic heterocycles. The number of nitrogens with zero attached hydrogens (tertiary/aromatic N) is 2. The van der Waals surface area contributed by atoms with Crippen molar-refractivity contribution in [3.05, 3.63) is 42.0 Å². The standard InChI is InChI=1S/C22H25N3O5S2/c1-14-8-10-25(11-9-14)32(27,28)16-6-4-15(5-7-16)21(26)24-22-23-17-12-18(29-2)19(30-3)13-20(17)31-22/h4-7,12-14H,8-11H2,1-3H3,(H,23,24,26). The molecule has 1 fully saturated rings. The zero-order valence-electron chi connectivity index (χ0n) is 18.1. The summed E-state index contributed by atoms with van der Waals surface area (Å²) in [7, 11) is -0.441. The van der Waals surface area contributed by atoms with Gasteiger partial charge in [0.15, 0.2) is 16.6 Å². The number of ether oxygens (including phenoxy) is 2. The number of sulfonamides is 1. The van der Waals surface area contributed by atoms with Gasteiger partial charge in [-0.25, -0.2) is 13.4 Å². The molecule has 1 N–H and O–H groups in total. The number of nitrogens with one attached hydrogen (secondary N) is 1. The molecule has 3 aromatic rings. The third-order valence-electron chi connectivity index (χ3n) is 5.61. The number of hydrogen-bond donors (Lipinski definition) is 1. The minimum absolute atomic E-state index is 0.197. The number of amides is 1. The van der Waals surface area contributed by atoms with Crippen molar-refractivity contribution in [1.82, 2.24) is 9.29 Å². The largest absolute Gasteiger partial charge is 0.493 e. The molecule has 4 rings (SSSR count). The maximum Gasteiger partial charge on any atom is 0.257 e. The van der Waals surface area contributed by atoms with Crippen molar-refractivity contribution < 1.29 is 22.7 Å². The van der Waals surface area contributed by atoms with Gasteiger partial charge < -0.3 is 9.47 Å². The molecule has 0 bridgehead atoms. The number of fused-ring (bicyclic) bond motifs is 1. The van der Waals surface area contributed by atoms with Crippen LogP contribution in [0.3, 0.4) is 0 Å². The minimum atomic E-state index is -3.55. The van der Waals surface area contributed by atoms with Gasteiger partial charge in [-0.2, -0.15) is 4.31 Å². The smallest absolute Gasteiger partial charge is 0.257 e. The Morgan fingerprint density at radius 3 is 2.34 bits per heavy atom. The molecule has 1 saturated heterocycles. The Hall–Kier alpha value is -2.69. The van der Waals surface area contributed by atoms with Crippen LogP contribution >= 0.6 is 11.3 Å². The van der Waals surface area contributed by atoms with Crippen LogP contribution in [-0.4, -0.2) is 50.9 Å². The van der Waals surface area contributed by atoms with Crippen LogP contribution in [0.15, 0.2) is 41.3 Å². The molecule has 1 amide bonds. The van der Waals surface area contributed by atoms with Crippen LogP contribution in [0.4, 0.5) is 5.13 Å². The third kappa shape index (κ3) is 4.43. The number of piperidine rings is 1. The number of rotatable bonds is 6. The highest BCUT2D eigenvalue weighted by atomic mass is 32.2. The van der Waals surface area contributed by atoms with Crippen LogP contribution in [-0.2, 0) is 10.0 Å². The Kier molecular flexibility index (Phi) is 6.36. The van der Waals surface area contributed by atoms with Gasteiger partial charge in [0.05, 0.1) is 29.3 Å². The fourth-order valence-corrected chi connectivity index (χ4v) is 5.97. The van der Waals surface area contributed by atoms with E-state index in [9.17, 15) is 13.2 Å². The lowest BCUT2D eigenvalue weighted by Crippen LogP contribution is -2.37. The van der Waals surface area contributed by atoms with Crippen LogP contribution in [0.2, 0.25) is 0 Å². The number of anilines is 1. The zero-order chi connectivity index (χ0) is 22.9. The Morgan fingerprint density at radius 2 is 1.72 bits per heavy atom. The maximum absolute atomic E-state index is 12.9. The summed E-state index contributed by atoms with van der Waals surface area (Å²) in [5.74, 6) is 1.32. The molecule has 32 heavy (non-hydrogen) atoms. The molecule has 0 radical (unpaired) electrons. The quantitative estimate of drug-likeness (QED) is 0.579. The van der Waals surface area contributed by atoms with Gasteiger partial charge in [-0.1, -0.05) is 18.3 Å². The summed E-state index contributed by atoms with van der Waals surface area (Å²) in [4.78, 5) is 17.3. The van der Waals surface area contributed by atoms with Crippen molar-refractivity contribution in [2.24, 2.45) is 5.92 Å². The maximum atomic E-state index is 12.9. The molecule has 10 heteroatoms. The topological polar surface area (TPSA) is 97.8 Å². The number of benzene rings is 2. The molecule has 2 aromatic carbocycles. The second-order valence-corrected chi connectivity index (χ2v) is 10.7. The highest BCUT2D eigenvalue weighted by molar-refractivity contribution is 7.89. The lowest BCUT2D eigenvalue weighted by atomic mass is 10.0. The highest BCUT2D eigenvalue weighted by Crippen LogP contribution is 2.36. The summed E-state index contributed by atoms with van der Waals surface area (Å²) < 4.78 is 38.7. The van der Waals surface area contributed by atoms with Gasteiger partial charge in [0.2, 0.25) is 10.0 Å². The van der Waals surface area contributed by atoms with Gasteiger partial charge in [0.1, 0.15) is 0 Å². The fraction of sp³-hybridized carbons (Fsp3) is 0.364. The Labute approximate surface area is 191 Å². The van der Waals surface area contributed by atoms with Gasteiger partial charge in [-0.15, -0.1) is 0 Å². The number of methoxy groups -OCH3 is 2. The molecule has 170 valence electrons. The fourth-order valence-electron chi connectivity index (χ4n) is 3.63. The van der Waals surface area contributed by atoms with E-state index in [1.165, 1.54) is 39.9 Å². The second-order valence-electron chi connectivity index (χ2n) is 7.76. The average molecular weight is 476 g/mol. The molecule has 0 atom stereocenters. The van der Waals surface area contributed by atoms with Crippen LogP contribution in [0.25, 0.3) is 10.2 Å². The molecule has 0 spiro atoms. The number of aromatic nitrogens is 1. The summed E-state index contributed by atoms with van der Waals surface area (Å²) >= 11 is 1.31. The average Bonchev–Trinajstić information content (AvgIpc) is 3.19. The van der Waals surface area contributed by atoms with Crippen molar-refractivity contribution in [3.8, 4) is 11.5 Å². The Morgan fingerprint density at radius 1 is 1.09 bits per heavy atom. The first kappa shape index (κ1) is 22.5. The molecule has 0 unspecified atom stereocenters. The van der Waals surface area contributed by atoms with Crippen molar-refractivity contribution in [2.45, 2.75) is 24.7 Å². The molecule has 2 heterocycles. The molecular formula is C22H25N3O5S2. The zero-order valence-corrected chi connectivity index (χ0v) is 19.8. The molecule has 1 aliphatic rings. The predicted molar refractivity (Wildman–Crippen MR) is 124 cm³/mol. The summed E-state index contributed by atoms with van der Waals surface area (Å²) in [5.41, 5.74) is 1.03. The van der Waals surface area contributed by atoms with Crippen LogP contribution < -0.4 is 14.8 Å². The number of hydrogen-bond acceptors (Lipinski definition) is 7. The molecule has 0 aliphatic carbocycles. The number of thiazole rings is 1. The van der Waals surface area contributed by atoms with Crippen LogP contribution in [0, 0.1) is 5.92 Å². The summed E-state index contributed by atoms with van der Waals surface area (Å²) in [6.45, 7) is 3.19. The van der Waals surface area contributed by atoms with E-state index in [4.69, 9.17) is 9.47 Å². The van der Waals surface area contributed by atoms with Crippen LogP contribution in [0.1, 0.15) is 30.1 Å². The van der Waals surface area contributed by atoms with E-state index in [1.54, 1.807) is 20.3 Å². The second kappa shape index (κ2) is 9.05. The van der Waals surface area contributed by atoms with E-state index in [0.717, 1.165) is 17.5 Å². The first-order valence-corrected chi connectivity index (χ1v) is 12.5. The minimum Gasteiger partial charge on any atom is -0.493 e. The molecular weight excluding hydrogens is 450 g/mol. The van der Waals surface area contributed by atoms with E-state index in [-0.39, 0.29) is 10.8 Å². The third-order valence-corrected chi connectivity index (χ3v) is 8.46. The number of carbonyl (C=O) groups excluding carboxylic acids is 1. The first-order valence-electron chi connectivity index (χ1n) is 10.3. The van der Waals surface area contributed by atoms with Crippen molar-refractivity contribution in [3.63, 3.8) is 0 Å². The SMILES string of the molecule is COc1cc2nc(NC(=O)c3ccc(S(=O)(=O)N4CCC(C)CC4)cc3)sc2cc1OC. The van der Waals surface area contributed by atoms with Gasteiger partial charge in [-0.3, -0.25) is 10.1 Å². The molecule has 0 saturated carbocycles. The monoisotopic (exact) mass is 475 g/mol. The van der Waals surface area contributed by atoms with E-state index < -0.39 is 10.0 Å². The van der Waals surface area contributed by atoms with Gasteiger partial charge in [0, 0.05) is 30.8 Å². The van der Waals surface area contributed by atoms with E-state index in [1.807, 2.05) is 6.07 Å². The summed E-state index contributed by atoms with van der Waals surface area (Å²) in [5, 5.41) is 3.21. The first-order chi connectivity index (χ1) is 15.3. The lowest BCUT2D eigenvalue weighted by Gasteiger charge is -2.29. The normalized spacial score (nSPS) is 15.6. The molecule has 1 aliphatic heterocycles. The predicted octanol–water partition coefficient (Wildman–Crippen LogP) is 3.99. The van der Waals surface area contributed by atoms with Gasteiger partial charge in [0.25, 0.3) is 5.91 Å². The van der Waals surface area contributed by atoms with Crippen LogP contribution in [0.5, 0.6) is 11.5 Å². The Balaban J connectivity index is 1.49. The van der Waals surface area contributed by atoms with E-state index in [0.29, 0.717) is 46.7 Å². The van der Waals surface area contributed by atoms with E-state index >= 15 is 0 Å². The van der Waals surface area contributed by atoms with Gasteiger partial charge in [-0.05, 0) is 43.0 Å². The molecule has 8 nitrogen and oxygen atoms in total. The summed E-state index contributed by atoms with van der Waals surface area (Å²) in [6, 6.07) is 9.57.